The number of carboxylic acid groups (broad SMARTS) is 1. The lowest BCUT2D eigenvalue weighted by molar-refractivity contribution is -0.302. The minimum absolute atomic E-state index is 0. The van der Waals surface area contributed by atoms with Crippen molar-refractivity contribution in [3.63, 3.8) is 0 Å². The molecule has 228 valence electrons. The van der Waals surface area contributed by atoms with Gasteiger partial charge in [-0.1, -0.05) is 109 Å². The predicted octanol–water partition coefficient (Wildman–Crippen LogP) is 2.98. The second-order valence-electron chi connectivity index (χ2n) is 10.5. The number of carboxylic acids is 1. The molecule has 0 bridgehead atoms. The summed E-state index contributed by atoms with van der Waals surface area (Å²) in [5, 5.41) is 17.5. The molecule has 0 saturated heterocycles. The fourth-order valence-corrected chi connectivity index (χ4v) is 11.7. The molecule has 45 heavy (non-hydrogen) atoms. The van der Waals surface area contributed by atoms with Gasteiger partial charge >= 0.3 is 0 Å². The lowest BCUT2D eigenvalue weighted by Crippen LogP contribution is -3.00. The Morgan fingerprint density at radius 3 is 0.600 bits per heavy atom. The van der Waals surface area contributed by atoms with Gasteiger partial charge in [0.15, 0.2) is 0 Å². The molecule has 6 aromatic rings. The highest BCUT2D eigenvalue weighted by Gasteiger charge is 2.40. The molecule has 0 aliphatic rings. The van der Waals surface area contributed by atoms with Crippen LogP contribution in [0.5, 0.6) is 0 Å². The minimum atomic E-state index is -1.53. The third kappa shape index (κ3) is 9.00. The van der Waals surface area contributed by atoms with Crippen LogP contribution in [0.25, 0.3) is 0 Å². The first-order chi connectivity index (χ1) is 21.4. The molecule has 0 heterocycles. The van der Waals surface area contributed by atoms with Crippen LogP contribution in [0, 0.1) is 0 Å². The lowest BCUT2D eigenvalue weighted by atomic mass is 10.4. The summed E-state index contributed by atoms with van der Waals surface area (Å²) in [5.41, 5.74) is 0. The number of aliphatic carboxylic acids is 1. The van der Waals surface area contributed by atoms with Crippen molar-refractivity contribution in [3.05, 3.63) is 182 Å². The molecule has 0 radical (unpaired) electrons. The summed E-state index contributed by atoms with van der Waals surface area (Å²) >= 11 is 0. The fraction of sp³-hybridized carbons (Fsp3) is 0.0750. The van der Waals surface area contributed by atoms with E-state index < -0.39 is 20.5 Å². The summed E-state index contributed by atoms with van der Waals surface area (Å²) in [6.07, 6.45) is 0. The van der Waals surface area contributed by atoms with E-state index in [0.717, 1.165) is 6.92 Å². The lowest BCUT2D eigenvalue weighted by Gasteiger charge is -2.22. The number of halogens is 1. The summed E-state index contributed by atoms with van der Waals surface area (Å²) in [6.45, 7) is 5.79. The first-order valence-corrected chi connectivity index (χ1v) is 19.1. The zero-order chi connectivity index (χ0) is 31.3. The largest absolute Gasteiger partial charge is 1.00 e. The molecule has 0 atom stereocenters. The van der Waals surface area contributed by atoms with Crippen molar-refractivity contribution in [2.75, 3.05) is 13.3 Å². The summed E-state index contributed by atoms with van der Waals surface area (Å²) < 4.78 is 0. The maximum Gasteiger partial charge on any atom is 0.109 e. The van der Waals surface area contributed by atoms with Crippen molar-refractivity contribution in [2.45, 2.75) is 6.92 Å². The Hall–Kier alpha value is -4.06. The van der Waals surface area contributed by atoms with Gasteiger partial charge in [-0.25, -0.2) is 0 Å². The van der Waals surface area contributed by atoms with Crippen LogP contribution in [-0.2, 0) is 4.79 Å². The van der Waals surface area contributed by atoms with Gasteiger partial charge in [-0.2, -0.15) is 0 Å². The molecule has 5 heteroatoms. The number of carbonyl (C=O) groups excluding carboxylic acids is 1. The summed E-state index contributed by atoms with van der Waals surface area (Å²) in [7, 11) is -3.05. The smallest absolute Gasteiger partial charge is 0.109 e. The average Bonchev–Trinajstić information content (AvgIpc) is 3.10. The van der Waals surface area contributed by atoms with Gasteiger partial charge in [0.2, 0.25) is 0 Å². The van der Waals surface area contributed by atoms with Crippen molar-refractivity contribution in [2.24, 2.45) is 0 Å². The van der Waals surface area contributed by atoms with Crippen molar-refractivity contribution in [1.82, 2.24) is 0 Å². The van der Waals surface area contributed by atoms with Gasteiger partial charge < -0.3 is 22.3 Å². The van der Waals surface area contributed by atoms with Crippen LogP contribution >= 0.6 is 14.5 Å². The third-order valence-electron chi connectivity index (χ3n) is 7.64. The molecule has 6 rings (SSSR count). The van der Waals surface area contributed by atoms with Crippen molar-refractivity contribution < 1.29 is 22.3 Å². The SMILES string of the molecule is CC(=O)[O-].C[P+](c1ccccc1)(c1ccccc1)c1ccccc1.C[P+](c1ccccc1)(c1ccccc1)c1ccccc1.[Cl-]. The van der Waals surface area contributed by atoms with Crippen molar-refractivity contribution in [3.8, 4) is 0 Å². The molecule has 0 amide bonds. The Bertz CT molecular complexity index is 1360. The maximum atomic E-state index is 8.89. The fourth-order valence-electron chi connectivity index (χ4n) is 5.25. The van der Waals surface area contributed by atoms with Gasteiger partial charge in [-0.15, -0.1) is 0 Å². The van der Waals surface area contributed by atoms with Crippen LogP contribution in [0.4, 0.5) is 0 Å². The Kier molecular flexibility index (Phi) is 13.7. The molecule has 0 spiro atoms. The van der Waals surface area contributed by atoms with Gasteiger partial charge in [0.1, 0.15) is 46.4 Å². The summed E-state index contributed by atoms with van der Waals surface area (Å²) in [6, 6.07) is 65.3. The first-order valence-electron chi connectivity index (χ1n) is 14.6. The molecule has 0 saturated carbocycles. The molecule has 2 nitrogen and oxygen atoms in total. The Morgan fingerprint density at radius 2 is 0.489 bits per heavy atom. The standard InChI is InChI=1S/2C19H18P.C2H4O2.ClH/c2*1-20(17-11-5-2-6-12-17,18-13-7-3-8-14-18)19-15-9-4-10-16-19;1-2(3)4;/h2*2-16H,1H3;1H3,(H,3,4);1H/q2*+1;;/p-2. The van der Waals surface area contributed by atoms with Gasteiger partial charge in [-0.05, 0) is 79.7 Å². The number of rotatable bonds is 6. The van der Waals surface area contributed by atoms with Crippen LogP contribution in [0.3, 0.4) is 0 Å². The Labute approximate surface area is 275 Å². The monoisotopic (exact) mass is 648 g/mol. The summed E-state index contributed by atoms with van der Waals surface area (Å²) in [4.78, 5) is 8.89. The van der Waals surface area contributed by atoms with Gasteiger partial charge in [-0.3, -0.25) is 0 Å². The molecular weight excluding hydrogens is 610 g/mol. The van der Waals surface area contributed by atoms with E-state index in [-0.39, 0.29) is 12.4 Å². The van der Waals surface area contributed by atoms with E-state index in [1.54, 1.807) is 0 Å². The van der Waals surface area contributed by atoms with E-state index in [1.165, 1.54) is 31.8 Å². The van der Waals surface area contributed by atoms with Crippen LogP contribution in [0.2, 0.25) is 0 Å². The van der Waals surface area contributed by atoms with E-state index in [9.17, 15) is 0 Å². The second-order valence-corrected chi connectivity index (χ2v) is 17.6. The number of benzene rings is 6. The molecular formula is C40H39ClO2P2. The predicted molar refractivity (Wildman–Crippen MR) is 193 cm³/mol. The van der Waals surface area contributed by atoms with Crippen molar-refractivity contribution >= 4 is 52.3 Å². The first kappa shape index (κ1) is 35.4. The van der Waals surface area contributed by atoms with Crippen LogP contribution < -0.4 is 49.3 Å². The normalized spacial score (nSPS) is 10.6. The second kappa shape index (κ2) is 17.4. The third-order valence-corrected chi connectivity index (χ3v) is 15.6. The summed E-state index contributed by atoms with van der Waals surface area (Å²) in [5.74, 6) is -1.08. The quantitative estimate of drug-likeness (QED) is 0.261. The van der Waals surface area contributed by atoms with Crippen LogP contribution in [0.1, 0.15) is 6.92 Å². The molecule has 0 aliphatic carbocycles. The average molecular weight is 649 g/mol. The Balaban J connectivity index is 0.000000215. The zero-order valence-corrected chi connectivity index (χ0v) is 28.5. The van der Waals surface area contributed by atoms with E-state index >= 15 is 0 Å². The maximum absolute atomic E-state index is 8.89. The molecule has 6 aromatic carbocycles. The minimum Gasteiger partial charge on any atom is -1.00 e. The number of hydrogen-bond donors (Lipinski definition) is 0. The molecule has 0 fully saturated rings. The molecule has 0 aromatic heterocycles. The van der Waals surface area contributed by atoms with E-state index in [0.29, 0.717) is 0 Å². The Morgan fingerprint density at radius 1 is 0.378 bits per heavy atom. The van der Waals surface area contributed by atoms with E-state index in [4.69, 9.17) is 9.90 Å². The van der Waals surface area contributed by atoms with Crippen LogP contribution in [-0.4, -0.2) is 19.3 Å². The highest BCUT2D eigenvalue weighted by Crippen LogP contribution is 2.52. The van der Waals surface area contributed by atoms with Crippen molar-refractivity contribution in [1.29, 1.82) is 0 Å². The van der Waals surface area contributed by atoms with Gasteiger partial charge in [0, 0.05) is 5.97 Å². The molecule has 0 N–H and O–H groups in total. The zero-order valence-electron chi connectivity index (χ0n) is 25.9. The van der Waals surface area contributed by atoms with Gasteiger partial charge in [0.25, 0.3) is 0 Å². The van der Waals surface area contributed by atoms with Gasteiger partial charge in [0.05, 0.1) is 13.3 Å². The van der Waals surface area contributed by atoms with E-state index in [1.807, 2.05) is 0 Å². The highest BCUT2D eigenvalue weighted by atomic mass is 35.5. The number of carbonyl (C=O) groups is 1. The van der Waals surface area contributed by atoms with E-state index in [2.05, 4.69) is 195 Å². The number of hydrogen-bond acceptors (Lipinski definition) is 2. The molecule has 0 unspecified atom stereocenters. The van der Waals surface area contributed by atoms with Crippen LogP contribution in [0.15, 0.2) is 182 Å². The molecule has 0 aliphatic heterocycles. The highest BCUT2D eigenvalue weighted by molar-refractivity contribution is 7.95. The topological polar surface area (TPSA) is 40.1 Å².